The zero-order chi connectivity index (χ0) is 16.5. The van der Waals surface area contributed by atoms with Crippen LogP contribution in [0.25, 0.3) is 0 Å². The highest BCUT2D eigenvalue weighted by molar-refractivity contribution is 6.62. The van der Waals surface area contributed by atoms with Crippen LogP contribution in [0.15, 0.2) is 24.3 Å². The van der Waals surface area contributed by atoms with Crippen molar-refractivity contribution in [2.75, 3.05) is 6.54 Å². The molecule has 0 spiro atoms. The van der Waals surface area contributed by atoms with Gasteiger partial charge in [-0.2, -0.15) is 0 Å². The molecule has 3 heterocycles. The van der Waals surface area contributed by atoms with Crippen molar-refractivity contribution in [3.63, 3.8) is 0 Å². The summed E-state index contributed by atoms with van der Waals surface area (Å²) in [5.41, 5.74) is 1.15. The minimum absolute atomic E-state index is 0.106. The number of hydrogen-bond acceptors (Lipinski definition) is 2. The van der Waals surface area contributed by atoms with Crippen LogP contribution in [0.5, 0.6) is 0 Å². The fourth-order valence-electron chi connectivity index (χ4n) is 5.38. The lowest BCUT2D eigenvalue weighted by Gasteiger charge is -2.40. The van der Waals surface area contributed by atoms with E-state index in [9.17, 15) is 9.59 Å². The van der Waals surface area contributed by atoms with E-state index in [1.165, 1.54) is 49.7 Å². The summed E-state index contributed by atoms with van der Waals surface area (Å²) in [5, 5.41) is 0. The van der Waals surface area contributed by atoms with Gasteiger partial charge >= 0.3 is 0 Å². The molecular weight excluding hydrogens is 297 g/mol. The number of unbranched alkanes of at least 4 members (excludes halogenated alkanes) is 1. The van der Waals surface area contributed by atoms with Crippen LogP contribution in [0.3, 0.4) is 0 Å². The van der Waals surface area contributed by atoms with Crippen LogP contribution >= 0.6 is 0 Å². The van der Waals surface area contributed by atoms with Gasteiger partial charge in [0, 0.05) is 6.54 Å². The van der Waals surface area contributed by atoms with Crippen molar-refractivity contribution in [2.24, 2.45) is 0 Å². The van der Waals surface area contributed by atoms with Crippen LogP contribution in [0.2, 0.25) is 18.0 Å². The molecule has 3 aliphatic rings. The molecule has 1 aromatic carbocycles. The van der Waals surface area contributed by atoms with Gasteiger partial charge in [-0.05, 0) is 18.6 Å². The Balaban J connectivity index is 1.29. The summed E-state index contributed by atoms with van der Waals surface area (Å²) in [5.74, 6) is 1.70. The van der Waals surface area contributed by atoms with Crippen molar-refractivity contribution in [1.29, 1.82) is 0 Å². The zero-order valence-electron chi connectivity index (χ0n) is 14.4. The van der Waals surface area contributed by atoms with Gasteiger partial charge in [0.1, 0.15) is 6.71 Å². The fraction of sp³-hybridized carbons (Fsp3) is 0.600. The number of carbonyl (C=O) groups excluding carboxylic acids is 2. The average molecular weight is 323 g/mol. The summed E-state index contributed by atoms with van der Waals surface area (Å²) in [6.07, 6.45) is 12.0. The highest BCUT2D eigenvalue weighted by atomic mass is 16.2. The standard InChI is InChI=1S/C20H26BNO2/c23-19-17-11-1-2-12-18(17)20(24)22(19)14-4-3-13-21-15-7-5-8-16(21)10-6-9-15/h1-2,11-12,15-16H,3-10,13-14H2. The summed E-state index contributed by atoms with van der Waals surface area (Å²) < 4.78 is 0. The van der Waals surface area contributed by atoms with Gasteiger partial charge in [-0.15, -0.1) is 0 Å². The van der Waals surface area contributed by atoms with Crippen LogP contribution in [0.4, 0.5) is 0 Å². The molecule has 1 aromatic rings. The second kappa shape index (κ2) is 6.74. The second-order valence-corrected chi connectivity index (χ2v) is 7.85. The molecule has 0 radical (unpaired) electrons. The van der Waals surface area contributed by atoms with Crippen LogP contribution in [-0.2, 0) is 0 Å². The van der Waals surface area contributed by atoms with E-state index in [0.717, 1.165) is 31.2 Å². The summed E-state index contributed by atoms with van der Waals surface area (Å²) in [7, 11) is 0. The number of fused-ring (bicyclic) bond motifs is 3. The van der Waals surface area contributed by atoms with E-state index >= 15 is 0 Å². The Hall–Kier alpha value is -1.58. The summed E-state index contributed by atoms with van der Waals surface area (Å²) in [4.78, 5) is 26.2. The van der Waals surface area contributed by atoms with Crippen molar-refractivity contribution in [2.45, 2.75) is 69.3 Å². The molecule has 2 saturated heterocycles. The van der Waals surface area contributed by atoms with E-state index in [1.54, 1.807) is 12.1 Å². The highest BCUT2D eigenvalue weighted by Crippen LogP contribution is 2.48. The van der Waals surface area contributed by atoms with E-state index in [1.807, 2.05) is 12.1 Å². The number of carbonyl (C=O) groups is 2. The maximum atomic E-state index is 12.4. The number of benzene rings is 1. The molecule has 2 bridgehead atoms. The second-order valence-electron chi connectivity index (χ2n) is 7.85. The molecule has 0 aromatic heterocycles. The molecule has 3 nitrogen and oxygen atoms in total. The predicted octanol–water partition coefficient (Wildman–Crippen LogP) is 4.67. The fourth-order valence-corrected chi connectivity index (χ4v) is 5.38. The van der Waals surface area contributed by atoms with E-state index < -0.39 is 0 Å². The molecule has 0 N–H and O–H groups in total. The third-order valence-corrected chi connectivity index (χ3v) is 6.56. The van der Waals surface area contributed by atoms with Crippen LogP contribution < -0.4 is 0 Å². The Morgan fingerprint density at radius 2 is 1.42 bits per heavy atom. The van der Waals surface area contributed by atoms with Gasteiger partial charge in [0.05, 0.1) is 11.1 Å². The van der Waals surface area contributed by atoms with Crippen LogP contribution in [0.1, 0.15) is 72.1 Å². The third-order valence-electron chi connectivity index (χ3n) is 6.56. The Labute approximate surface area is 144 Å². The topological polar surface area (TPSA) is 37.4 Å². The van der Waals surface area contributed by atoms with Crippen molar-refractivity contribution in [1.82, 2.24) is 4.90 Å². The van der Waals surface area contributed by atoms with Crippen molar-refractivity contribution >= 4 is 18.5 Å². The first-order valence-corrected chi connectivity index (χ1v) is 9.71. The molecule has 2 amide bonds. The summed E-state index contributed by atoms with van der Waals surface area (Å²) in [6.45, 7) is 1.49. The number of hydrogen-bond donors (Lipinski definition) is 0. The molecule has 24 heavy (non-hydrogen) atoms. The quantitative estimate of drug-likeness (QED) is 0.449. The average Bonchev–Trinajstić information content (AvgIpc) is 2.83. The Morgan fingerprint density at radius 1 is 0.875 bits per heavy atom. The molecule has 2 fully saturated rings. The first kappa shape index (κ1) is 15.9. The third kappa shape index (κ3) is 2.80. The Kier molecular flexibility index (Phi) is 4.47. The molecule has 0 saturated carbocycles. The number of rotatable bonds is 5. The maximum absolute atomic E-state index is 12.4. The van der Waals surface area contributed by atoms with Gasteiger partial charge in [-0.1, -0.05) is 75.0 Å². The van der Waals surface area contributed by atoms with Crippen molar-refractivity contribution in [3.8, 4) is 0 Å². The number of nitrogens with zero attached hydrogens (tertiary/aromatic N) is 1. The lowest BCUT2D eigenvalue weighted by atomic mass is 9.26. The van der Waals surface area contributed by atoms with Gasteiger partial charge in [0.2, 0.25) is 0 Å². The van der Waals surface area contributed by atoms with E-state index in [4.69, 9.17) is 0 Å². The summed E-state index contributed by atoms with van der Waals surface area (Å²) in [6, 6.07) is 7.18. The van der Waals surface area contributed by atoms with Gasteiger partial charge in [-0.25, -0.2) is 0 Å². The summed E-state index contributed by atoms with van der Waals surface area (Å²) >= 11 is 0. The largest absolute Gasteiger partial charge is 0.274 e. The molecule has 4 heteroatoms. The first-order valence-electron chi connectivity index (χ1n) is 9.71. The Morgan fingerprint density at radius 3 is 1.96 bits per heavy atom. The van der Waals surface area contributed by atoms with Gasteiger partial charge < -0.3 is 0 Å². The molecular formula is C20H26BNO2. The first-order chi connectivity index (χ1) is 11.8. The maximum Gasteiger partial charge on any atom is 0.261 e. The SMILES string of the molecule is O=C1c2ccccc2C(=O)N1CCCCB1C2CCCC1CCC2. The van der Waals surface area contributed by atoms with Crippen LogP contribution in [0, 0.1) is 0 Å². The molecule has 126 valence electrons. The zero-order valence-corrected chi connectivity index (χ0v) is 14.4. The number of imide groups is 1. The van der Waals surface area contributed by atoms with E-state index in [0.29, 0.717) is 17.7 Å². The molecule has 0 unspecified atom stereocenters. The smallest absolute Gasteiger partial charge is 0.261 e. The van der Waals surface area contributed by atoms with Gasteiger partial charge in [0.15, 0.2) is 0 Å². The minimum atomic E-state index is -0.106. The lowest BCUT2D eigenvalue weighted by molar-refractivity contribution is 0.0652. The van der Waals surface area contributed by atoms with Gasteiger partial charge in [0.25, 0.3) is 11.8 Å². The monoisotopic (exact) mass is 323 g/mol. The Bertz CT molecular complexity index is 587. The molecule has 0 aliphatic carbocycles. The minimum Gasteiger partial charge on any atom is -0.274 e. The normalized spacial score (nSPS) is 26.0. The van der Waals surface area contributed by atoms with E-state index in [-0.39, 0.29) is 11.8 Å². The molecule has 0 atom stereocenters. The van der Waals surface area contributed by atoms with Gasteiger partial charge in [-0.3, -0.25) is 14.5 Å². The number of amides is 2. The van der Waals surface area contributed by atoms with E-state index in [2.05, 4.69) is 0 Å². The predicted molar refractivity (Wildman–Crippen MR) is 96.8 cm³/mol. The van der Waals surface area contributed by atoms with Crippen molar-refractivity contribution in [3.05, 3.63) is 35.4 Å². The lowest BCUT2D eigenvalue weighted by Crippen LogP contribution is -2.35. The highest BCUT2D eigenvalue weighted by Gasteiger charge is 2.38. The molecule has 3 aliphatic heterocycles. The molecule has 4 rings (SSSR count). The van der Waals surface area contributed by atoms with Crippen molar-refractivity contribution < 1.29 is 9.59 Å². The van der Waals surface area contributed by atoms with Crippen LogP contribution in [-0.4, -0.2) is 30.0 Å².